The van der Waals surface area contributed by atoms with Gasteiger partial charge in [0.15, 0.2) is 11.5 Å². The fourth-order valence-corrected chi connectivity index (χ4v) is 3.72. The molecule has 1 unspecified atom stereocenters. The average Bonchev–Trinajstić information content (AvgIpc) is 2.86. The topological polar surface area (TPSA) is 93.1 Å². The van der Waals surface area contributed by atoms with Crippen molar-refractivity contribution >= 4 is 11.6 Å². The predicted octanol–water partition coefficient (Wildman–Crippen LogP) is 5.79. The zero-order valence-corrected chi connectivity index (χ0v) is 20.6. The number of methoxy groups -OCH3 is 2. The number of aromatic hydroxyl groups is 2. The van der Waals surface area contributed by atoms with E-state index >= 15 is 0 Å². The van der Waals surface area contributed by atoms with Gasteiger partial charge in [-0.25, -0.2) is 0 Å². The van der Waals surface area contributed by atoms with Crippen LogP contribution >= 0.6 is 0 Å². The Balaban J connectivity index is 0.000000269. The summed E-state index contributed by atoms with van der Waals surface area (Å²) in [5, 5.41) is 18.6. The van der Waals surface area contributed by atoms with Crippen molar-refractivity contribution in [1.29, 1.82) is 0 Å². The summed E-state index contributed by atoms with van der Waals surface area (Å²) in [4.78, 5) is 24.0. The molecule has 2 aromatic rings. The maximum atomic E-state index is 12.2. The number of rotatable bonds is 10. The lowest BCUT2D eigenvalue weighted by molar-refractivity contribution is -0.117. The minimum absolute atomic E-state index is 0.0568. The SMILES string of the molecule is C=CC(C1=CC(=O)C(OC)=CC1=O)c1ccc(OC)cc1.CCCCCCc1ccc(O)cc1O. The first-order valence-corrected chi connectivity index (χ1v) is 11.7. The Morgan fingerprint density at radius 3 is 2.20 bits per heavy atom. The van der Waals surface area contributed by atoms with E-state index in [1.807, 2.05) is 12.1 Å². The van der Waals surface area contributed by atoms with Crippen molar-refractivity contribution in [2.24, 2.45) is 0 Å². The number of hydrogen-bond acceptors (Lipinski definition) is 6. The molecule has 2 N–H and O–H groups in total. The van der Waals surface area contributed by atoms with Gasteiger partial charge in [0.25, 0.3) is 0 Å². The zero-order chi connectivity index (χ0) is 25.8. The lowest BCUT2D eigenvalue weighted by atomic mass is 9.85. The third kappa shape index (κ3) is 7.88. The van der Waals surface area contributed by atoms with Crippen molar-refractivity contribution in [2.45, 2.75) is 44.9 Å². The van der Waals surface area contributed by atoms with E-state index in [2.05, 4.69) is 13.5 Å². The Morgan fingerprint density at radius 2 is 1.63 bits per heavy atom. The summed E-state index contributed by atoms with van der Waals surface area (Å²) in [6.45, 7) is 5.94. The van der Waals surface area contributed by atoms with Crippen LogP contribution < -0.4 is 4.74 Å². The summed E-state index contributed by atoms with van der Waals surface area (Å²) in [6, 6.07) is 12.1. The molecule has 0 saturated carbocycles. The summed E-state index contributed by atoms with van der Waals surface area (Å²) in [5.41, 5.74) is 2.19. The quantitative estimate of drug-likeness (QED) is 0.255. The Bertz CT molecular complexity index is 1080. The Kier molecular flexibility index (Phi) is 10.8. The molecule has 3 rings (SSSR count). The second-order valence-corrected chi connectivity index (χ2v) is 8.15. The normalized spacial score (nSPS) is 13.7. The van der Waals surface area contributed by atoms with Crippen LogP contribution in [0.2, 0.25) is 0 Å². The molecule has 0 aromatic heterocycles. The van der Waals surface area contributed by atoms with Gasteiger partial charge in [0.1, 0.15) is 17.2 Å². The van der Waals surface area contributed by atoms with E-state index in [1.54, 1.807) is 37.5 Å². The van der Waals surface area contributed by atoms with E-state index in [0.29, 0.717) is 5.57 Å². The van der Waals surface area contributed by atoms with E-state index in [-0.39, 0.29) is 34.7 Å². The van der Waals surface area contributed by atoms with E-state index in [0.717, 1.165) is 29.7 Å². The largest absolute Gasteiger partial charge is 0.508 e. The average molecular weight is 479 g/mol. The number of ether oxygens (including phenoxy) is 2. The van der Waals surface area contributed by atoms with Gasteiger partial charge in [-0.05, 0) is 48.2 Å². The number of hydrogen-bond donors (Lipinski definition) is 2. The number of allylic oxidation sites excluding steroid dienone is 4. The molecule has 0 radical (unpaired) electrons. The Hall–Kier alpha value is -3.80. The zero-order valence-electron chi connectivity index (χ0n) is 20.6. The standard InChI is InChI=1S/C17H16O4.C12H18O2/c1-4-13(11-5-7-12(20-2)8-6-11)14-9-16(19)17(21-3)10-15(14)18;1-2-3-4-5-6-10-7-8-11(13)9-12(10)14/h4-10,13H,1H2,2-3H3;7-9,13-14H,2-6H2,1H3. The highest BCUT2D eigenvalue weighted by Crippen LogP contribution is 2.30. The first kappa shape index (κ1) is 27.4. The molecule has 1 aliphatic carbocycles. The Morgan fingerprint density at radius 1 is 0.914 bits per heavy atom. The molecule has 0 saturated heterocycles. The minimum atomic E-state index is -0.345. The first-order valence-electron chi connectivity index (χ1n) is 11.7. The molecular formula is C29H34O6. The van der Waals surface area contributed by atoms with Crippen LogP contribution in [0.25, 0.3) is 0 Å². The molecule has 1 atom stereocenters. The second kappa shape index (κ2) is 13.8. The molecule has 0 spiro atoms. The molecule has 2 aromatic carbocycles. The van der Waals surface area contributed by atoms with Crippen LogP contribution in [0, 0.1) is 0 Å². The highest BCUT2D eigenvalue weighted by atomic mass is 16.5. The number of benzene rings is 2. The third-order valence-electron chi connectivity index (χ3n) is 5.71. The summed E-state index contributed by atoms with van der Waals surface area (Å²) < 4.78 is 9.98. The molecule has 1 aliphatic rings. The number of phenols is 2. The van der Waals surface area contributed by atoms with Gasteiger partial charge < -0.3 is 19.7 Å². The van der Waals surface area contributed by atoms with Gasteiger partial charge in [-0.15, -0.1) is 6.58 Å². The van der Waals surface area contributed by atoms with E-state index < -0.39 is 0 Å². The van der Waals surface area contributed by atoms with Crippen molar-refractivity contribution in [3.05, 3.63) is 89.7 Å². The summed E-state index contributed by atoms with van der Waals surface area (Å²) in [7, 11) is 2.95. The molecule has 0 aliphatic heterocycles. The van der Waals surface area contributed by atoms with Crippen molar-refractivity contribution in [3.63, 3.8) is 0 Å². The fourth-order valence-electron chi connectivity index (χ4n) is 3.72. The predicted molar refractivity (Wildman–Crippen MR) is 137 cm³/mol. The molecule has 6 nitrogen and oxygen atoms in total. The lowest BCUT2D eigenvalue weighted by Gasteiger charge is -2.18. The summed E-state index contributed by atoms with van der Waals surface area (Å²) >= 11 is 0. The van der Waals surface area contributed by atoms with Crippen LogP contribution in [-0.4, -0.2) is 36.0 Å². The van der Waals surface area contributed by atoms with Crippen LogP contribution in [-0.2, 0) is 20.7 Å². The molecule has 0 fully saturated rings. The number of aryl methyl sites for hydroxylation is 1. The van der Waals surface area contributed by atoms with Crippen molar-refractivity contribution < 1.29 is 29.3 Å². The molecule has 0 amide bonds. The maximum Gasteiger partial charge on any atom is 0.220 e. The van der Waals surface area contributed by atoms with Gasteiger partial charge in [-0.2, -0.15) is 0 Å². The molecule has 6 heteroatoms. The van der Waals surface area contributed by atoms with Crippen LogP contribution in [0.3, 0.4) is 0 Å². The van der Waals surface area contributed by atoms with Gasteiger partial charge in [-0.3, -0.25) is 9.59 Å². The molecule has 35 heavy (non-hydrogen) atoms. The number of carbonyl (C=O) groups excluding carboxylic acids is 2. The lowest BCUT2D eigenvalue weighted by Crippen LogP contribution is -2.18. The van der Waals surface area contributed by atoms with Crippen LogP contribution in [0.1, 0.15) is 49.7 Å². The monoisotopic (exact) mass is 478 g/mol. The van der Waals surface area contributed by atoms with Crippen LogP contribution in [0.4, 0.5) is 0 Å². The van der Waals surface area contributed by atoms with Gasteiger partial charge in [0.05, 0.1) is 14.2 Å². The number of carbonyl (C=O) groups is 2. The third-order valence-corrected chi connectivity index (χ3v) is 5.71. The second-order valence-electron chi connectivity index (χ2n) is 8.15. The van der Waals surface area contributed by atoms with Crippen molar-refractivity contribution in [2.75, 3.05) is 14.2 Å². The molecule has 0 heterocycles. The van der Waals surface area contributed by atoms with Crippen LogP contribution in [0.15, 0.2) is 78.6 Å². The number of ketones is 2. The smallest absolute Gasteiger partial charge is 0.220 e. The summed E-state index contributed by atoms with van der Waals surface area (Å²) in [6.07, 6.45) is 9.86. The van der Waals surface area contributed by atoms with Gasteiger partial charge in [0, 0.05) is 23.6 Å². The van der Waals surface area contributed by atoms with Crippen molar-refractivity contribution in [1.82, 2.24) is 0 Å². The van der Waals surface area contributed by atoms with Gasteiger partial charge >= 0.3 is 0 Å². The molecular weight excluding hydrogens is 444 g/mol. The van der Waals surface area contributed by atoms with Crippen LogP contribution in [0.5, 0.6) is 17.2 Å². The van der Waals surface area contributed by atoms with E-state index in [4.69, 9.17) is 14.6 Å². The molecule has 186 valence electrons. The Labute approximate surface area is 207 Å². The number of unbranched alkanes of at least 4 members (excludes halogenated alkanes) is 3. The van der Waals surface area contributed by atoms with Gasteiger partial charge in [-0.1, -0.05) is 50.5 Å². The highest BCUT2D eigenvalue weighted by molar-refractivity contribution is 6.19. The van der Waals surface area contributed by atoms with Gasteiger partial charge in [0.2, 0.25) is 5.78 Å². The fraction of sp³-hybridized carbons (Fsp3) is 0.310. The van der Waals surface area contributed by atoms with E-state index in [1.165, 1.54) is 44.6 Å². The summed E-state index contributed by atoms with van der Waals surface area (Å²) in [5.74, 6) is 0.215. The minimum Gasteiger partial charge on any atom is -0.508 e. The van der Waals surface area contributed by atoms with Crippen molar-refractivity contribution in [3.8, 4) is 17.2 Å². The number of phenolic OH excluding ortho intramolecular Hbond substituents is 2. The van der Waals surface area contributed by atoms with E-state index in [9.17, 15) is 14.7 Å². The maximum absolute atomic E-state index is 12.2. The first-order chi connectivity index (χ1) is 16.8. The molecule has 0 bridgehead atoms. The highest BCUT2D eigenvalue weighted by Gasteiger charge is 2.26.